The van der Waals surface area contributed by atoms with E-state index in [4.69, 9.17) is 5.73 Å². The van der Waals surface area contributed by atoms with E-state index in [9.17, 15) is 9.46 Å². The SMILES string of the molecule is NC(=S)CCP(=O)(O)c1ccccc1. The van der Waals surface area contributed by atoms with E-state index in [-0.39, 0.29) is 11.2 Å². The Hall–Kier alpha value is -0.700. The van der Waals surface area contributed by atoms with E-state index in [0.717, 1.165) is 0 Å². The molecule has 14 heavy (non-hydrogen) atoms. The Bertz CT molecular complexity index is 366. The molecule has 3 nitrogen and oxygen atoms in total. The lowest BCUT2D eigenvalue weighted by atomic mass is 10.4. The molecule has 0 aliphatic heterocycles. The predicted octanol–water partition coefficient (Wildman–Crippen LogP) is 1.26. The summed E-state index contributed by atoms with van der Waals surface area (Å²) < 4.78 is 11.8. The molecule has 0 saturated heterocycles. The molecule has 1 rings (SSSR count). The van der Waals surface area contributed by atoms with Crippen LogP contribution in [0.3, 0.4) is 0 Å². The predicted molar refractivity (Wildman–Crippen MR) is 62.2 cm³/mol. The molecule has 0 bridgehead atoms. The van der Waals surface area contributed by atoms with Gasteiger partial charge in [0.2, 0.25) is 7.37 Å². The van der Waals surface area contributed by atoms with Gasteiger partial charge >= 0.3 is 0 Å². The zero-order valence-corrected chi connectivity index (χ0v) is 9.30. The van der Waals surface area contributed by atoms with Crippen molar-refractivity contribution in [3.63, 3.8) is 0 Å². The van der Waals surface area contributed by atoms with Crippen molar-refractivity contribution in [1.82, 2.24) is 0 Å². The maximum absolute atomic E-state index is 11.8. The van der Waals surface area contributed by atoms with Crippen molar-refractivity contribution in [2.45, 2.75) is 6.42 Å². The summed E-state index contributed by atoms with van der Waals surface area (Å²) in [6.45, 7) is 0. The first-order valence-electron chi connectivity index (χ1n) is 4.18. The average molecular weight is 229 g/mol. The molecule has 5 heteroatoms. The van der Waals surface area contributed by atoms with Gasteiger partial charge in [-0.15, -0.1) is 0 Å². The maximum Gasteiger partial charge on any atom is 0.230 e. The van der Waals surface area contributed by atoms with E-state index in [1.807, 2.05) is 0 Å². The van der Waals surface area contributed by atoms with E-state index in [0.29, 0.717) is 11.7 Å². The summed E-state index contributed by atoms with van der Waals surface area (Å²) in [7, 11) is -3.27. The van der Waals surface area contributed by atoms with Crippen LogP contribution in [0, 0.1) is 0 Å². The molecule has 76 valence electrons. The molecule has 0 saturated carbocycles. The highest BCUT2D eigenvalue weighted by Crippen LogP contribution is 2.39. The van der Waals surface area contributed by atoms with Crippen LogP contribution in [0.25, 0.3) is 0 Å². The molecule has 0 fully saturated rings. The molecule has 0 spiro atoms. The average Bonchev–Trinajstić information content (AvgIpc) is 2.16. The molecule has 0 aliphatic carbocycles. The summed E-state index contributed by atoms with van der Waals surface area (Å²) in [6, 6.07) is 8.55. The summed E-state index contributed by atoms with van der Waals surface area (Å²) in [5.41, 5.74) is 5.28. The fraction of sp³-hybridized carbons (Fsp3) is 0.222. The van der Waals surface area contributed by atoms with Gasteiger partial charge in [-0.1, -0.05) is 30.4 Å². The van der Waals surface area contributed by atoms with E-state index in [1.54, 1.807) is 30.3 Å². The molecule has 0 radical (unpaired) electrons. The Kier molecular flexibility index (Phi) is 3.81. The summed E-state index contributed by atoms with van der Waals surface area (Å²) in [4.78, 5) is 9.95. The van der Waals surface area contributed by atoms with Gasteiger partial charge in [0.25, 0.3) is 0 Å². The van der Waals surface area contributed by atoms with Gasteiger partial charge in [-0.05, 0) is 12.1 Å². The molecule has 0 heterocycles. The van der Waals surface area contributed by atoms with Crippen LogP contribution in [0.15, 0.2) is 30.3 Å². The molecule has 0 amide bonds. The quantitative estimate of drug-likeness (QED) is 0.602. The van der Waals surface area contributed by atoms with Crippen molar-refractivity contribution in [3.8, 4) is 0 Å². The van der Waals surface area contributed by atoms with Crippen LogP contribution in [0.4, 0.5) is 0 Å². The van der Waals surface area contributed by atoms with Crippen molar-refractivity contribution in [3.05, 3.63) is 30.3 Å². The van der Waals surface area contributed by atoms with E-state index in [2.05, 4.69) is 12.2 Å². The lowest BCUT2D eigenvalue weighted by Crippen LogP contribution is -2.13. The monoisotopic (exact) mass is 229 g/mol. The standard InChI is InChI=1S/C9H12NO2PS/c10-9(14)6-7-13(11,12)8-4-2-1-3-5-8/h1-5H,6-7H2,(H2,10,14)(H,11,12). The van der Waals surface area contributed by atoms with Crippen LogP contribution in [-0.4, -0.2) is 16.0 Å². The van der Waals surface area contributed by atoms with Crippen LogP contribution >= 0.6 is 19.6 Å². The summed E-state index contributed by atoms with van der Waals surface area (Å²) >= 11 is 4.66. The van der Waals surface area contributed by atoms with Gasteiger partial charge in [0.15, 0.2) is 0 Å². The Morgan fingerprint density at radius 3 is 2.50 bits per heavy atom. The zero-order chi connectivity index (χ0) is 10.6. The molecule has 1 aromatic carbocycles. The first kappa shape index (κ1) is 11.4. The van der Waals surface area contributed by atoms with Gasteiger partial charge in [0, 0.05) is 17.9 Å². The first-order chi connectivity index (χ1) is 6.52. The Morgan fingerprint density at radius 2 is 2.00 bits per heavy atom. The normalized spacial score (nSPS) is 14.6. The second kappa shape index (κ2) is 4.69. The Balaban J connectivity index is 2.76. The highest BCUT2D eigenvalue weighted by Gasteiger charge is 2.20. The number of hydrogen-bond acceptors (Lipinski definition) is 2. The molecule has 1 atom stereocenters. The highest BCUT2D eigenvalue weighted by atomic mass is 32.1. The number of thiocarbonyl (C=S) groups is 1. The van der Waals surface area contributed by atoms with Crippen molar-refractivity contribution in [2.24, 2.45) is 5.73 Å². The van der Waals surface area contributed by atoms with Crippen molar-refractivity contribution in [2.75, 3.05) is 6.16 Å². The van der Waals surface area contributed by atoms with Gasteiger partial charge in [-0.2, -0.15) is 0 Å². The lowest BCUT2D eigenvalue weighted by molar-refractivity contribution is 0.490. The fourth-order valence-corrected chi connectivity index (χ4v) is 2.75. The van der Waals surface area contributed by atoms with Crippen LogP contribution in [0.5, 0.6) is 0 Å². The highest BCUT2D eigenvalue weighted by molar-refractivity contribution is 7.80. The van der Waals surface area contributed by atoms with Gasteiger partial charge in [-0.3, -0.25) is 4.57 Å². The molecular weight excluding hydrogens is 217 g/mol. The molecule has 0 aliphatic rings. The third kappa shape index (κ3) is 3.22. The number of benzene rings is 1. The second-order valence-electron chi connectivity index (χ2n) is 2.98. The number of rotatable bonds is 4. The fourth-order valence-electron chi connectivity index (χ4n) is 1.05. The summed E-state index contributed by atoms with van der Waals surface area (Å²) in [5, 5.41) is 0.455. The van der Waals surface area contributed by atoms with Crippen LogP contribution < -0.4 is 11.0 Å². The van der Waals surface area contributed by atoms with E-state index >= 15 is 0 Å². The van der Waals surface area contributed by atoms with Crippen LogP contribution in [0.2, 0.25) is 0 Å². The smallest absolute Gasteiger partial charge is 0.230 e. The van der Waals surface area contributed by atoms with E-state index < -0.39 is 7.37 Å². The van der Waals surface area contributed by atoms with Gasteiger partial charge < -0.3 is 10.6 Å². The third-order valence-corrected chi connectivity index (χ3v) is 3.96. The van der Waals surface area contributed by atoms with Crippen molar-refractivity contribution < 1.29 is 9.46 Å². The molecular formula is C9H12NO2PS. The molecule has 1 aromatic rings. The molecule has 0 aromatic heterocycles. The van der Waals surface area contributed by atoms with Crippen LogP contribution in [-0.2, 0) is 4.57 Å². The van der Waals surface area contributed by atoms with Crippen molar-refractivity contribution in [1.29, 1.82) is 0 Å². The number of hydrogen-bond donors (Lipinski definition) is 2. The van der Waals surface area contributed by atoms with Gasteiger partial charge in [0.1, 0.15) is 0 Å². The van der Waals surface area contributed by atoms with Crippen molar-refractivity contribution >= 4 is 29.9 Å². The topological polar surface area (TPSA) is 63.3 Å². The van der Waals surface area contributed by atoms with Gasteiger partial charge in [0.05, 0.1) is 4.99 Å². The van der Waals surface area contributed by atoms with Crippen LogP contribution in [0.1, 0.15) is 6.42 Å². The largest absolute Gasteiger partial charge is 0.393 e. The summed E-state index contributed by atoms with van der Waals surface area (Å²) in [5.74, 6) is 0. The summed E-state index contributed by atoms with van der Waals surface area (Å²) in [6.07, 6.45) is 0.421. The Morgan fingerprint density at radius 1 is 1.43 bits per heavy atom. The zero-order valence-electron chi connectivity index (χ0n) is 7.59. The maximum atomic E-state index is 11.8. The minimum Gasteiger partial charge on any atom is -0.393 e. The second-order valence-corrected chi connectivity index (χ2v) is 5.87. The molecule has 1 unspecified atom stereocenters. The minimum atomic E-state index is -3.27. The Labute approximate surface area is 88.4 Å². The van der Waals surface area contributed by atoms with E-state index in [1.165, 1.54) is 0 Å². The lowest BCUT2D eigenvalue weighted by Gasteiger charge is -2.10. The third-order valence-electron chi connectivity index (χ3n) is 1.82. The molecule has 3 N–H and O–H groups in total. The van der Waals surface area contributed by atoms with Gasteiger partial charge in [-0.25, -0.2) is 0 Å². The minimum absolute atomic E-state index is 0.117. The number of nitrogens with two attached hydrogens (primary N) is 1. The first-order valence-corrected chi connectivity index (χ1v) is 6.43.